The molecule has 0 radical (unpaired) electrons. The lowest BCUT2D eigenvalue weighted by molar-refractivity contribution is -0.137. The number of imidazole rings is 1. The Bertz CT molecular complexity index is 934. The molecule has 136 valence electrons. The van der Waals surface area contributed by atoms with Crippen LogP contribution in [0.4, 0.5) is 24.8 Å². The van der Waals surface area contributed by atoms with Crippen molar-refractivity contribution in [2.24, 2.45) is 0 Å². The summed E-state index contributed by atoms with van der Waals surface area (Å²) in [6.07, 6.45) is -1.57. The molecule has 0 saturated carbocycles. The third-order valence-corrected chi connectivity index (χ3v) is 4.37. The molecule has 0 aliphatic carbocycles. The van der Waals surface area contributed by atoms with Gasteiger partial charge >= 0.3 is 6.18 Å². The van der Waals surface area contributed by atoms with Gasteiger partial charge in [-0.1, -0.05) is 0 Å². The Hall–Kier alpha value is -2.62. The van der Waals surface area contributed by atoms with Crippen molar-refractivity contribution >= 4 is 34.4 Å². The summed E-state index contributed by atoms with van der Waals surface area (Å²) in [5.41, 5.74) is 0.372. The molecule has 1 fully saturated rings. The number of halogens is 4. The minimum atomic E-state index is -4.44. The zero-order chi connectivity index (χ0) is 18.3. The number of aromatic amines is 1. The lowest BCUT2D eigenvalue weighted by Gasteiger charge is -2.36. The molecule has 1 aliphatic rings. The van der Waals surface area contributed by atoms with Gasteiger partial charge in [0.05, 0.1) is 11.9 Å². The molecule has 1 N–H and O–H groups in total. The van der Waals surface area contributed by atoms with E-state index in [-0.39, 0.29) is 11.1 Å². The van der Waals surface area contributed by atoms with E-state index >= 15 is 0 Å². The fourth-order valence-corrected chi connectivity index (χ4v) is 3.18. The first kappa shape index (κ1) is 16.8. The Morgan fingerprint density at radius 2 is 1.69 bits per heavy atom. The van der Waals surface area contributed by atoms with E-state index < -0.39 is 11.7 Å². The van der Waals surface area contributed by atoms with Gasteiger partial charge in [0.1, 0.15) is 5.82 Å². The van der Waals surface area contributed by atoms with Crippen molar-refractivity contribution in [1.29, 1.82) is 0 Å². The topological polar surface area (TPSA) is 73.8 Å². The third kappa shape index (κ3) is 3.00. The first-order valence-electron chi connectivity index (χ1n) is 7.82. The highest BCUT2D eigenvalue weighted by atomic mass is 35.5. The standard InChI is InChI=1S/C15H13ClF3N7/c16-14-23-11-10(21-8-22-11)13(24-14)26-6-4-25(5-7-26)12-9(15(17,18)19)2-1-3-20-12/h1-3,8H,4-7H2,(H,21,22,23,24). The number of rotatable bonds is 2. The zero-order valence-electron chi connectivity index (χ0n) is 13.3. The van der Waals surface area contributed by atoms with Crippen LogP contribution in [0.25, 0.3) is 11.2 Å². The second-order valence-corrected chi connectivity index (χ2v) is 6.10. The number of nitrogens with one attached hydrogen (secondary N) is 1. The van der Waals surface area contributed by atoms with Crippen LogP contribution < -0.4 is 9.80 Å². The average molecular weight is 384 g/mol. The van der Waals surface area contributed by atoms with Gasteiger partial charge in [-0.15, -0.1) is 0 Å². The van der Waals surface area contributed by atoms with Crippen LogP contribution in [-0.4, -0.2) is 51.1 Å². The Morgan fingerprint density at radius 3 is 2.38 bits per heavy atom. The molecule has 0 bridgehead atoms. The maximum Gasteiger partial charge on any atom is 0.419 e. The SMILES string of the molecule is FC(F)(F)c1cccnc1N1CCN(c2nc(Cl)nc3[nH]cnc23)CC1. The summed E-state index contributed by atoms with van der Waals surface area (Å²) in [6, 6.07) is 2.34. The van der Waals surface area contributed by atoms with Gasteiger partial charge in [0.25, 0.3) is 0 Å². The highest BCUT2D eigenvalue weighted by Crippen LogP contribution is 2.35. The predicted octanol–water partition coefficient (Wildman–Crippen LogP) is 2.75. The van der Waals surface area contributed by atoms with Crippen LogP contribution in [-0.2, 0) is 6.18 Å². The third-order valence-electron chi connectivity index (χ3n) is 4.20. The van der Waals surface area contributed by atoms with Crippen LogP contribution in [0.3, 0.4) is 0 Å². The van der Waals surface area contributed by atoms with Crippen LogP contribution in [0.5, 0.6) is 0 Å². The molecule has 0 amide bonds. The summed E-state index contributed by atoms with van der Waals surface area (Å²) in [7, 11) is 0. The van der Waals surface area contributed by atoms with E-state index in [1.54, 1.807) is 4.90 Å². The number of alkyl halides is 3. The van der Waals surface area contributed by atoms with E-state index in [0.29, 0.717) is 43.2 Å². The molecular formula is C15H13ClF3N7. The number of piperazine rings is 1. The van der Waals surface area contributed by atoms with Crippen LogP contribution in [0.1, 0.15) is 5.56 Å². The summed E-state index contributed by atoms with van der Waals surface area (Å²) in [5.74, 6) is 0.517. The average Bonchev–Trinajstić information content (AvgIpc) is 3.09. The molecule has 0 spiro atoms. The molecule has 1 aliphatic heterocycles. The molecule has 3 aromatic rings. The van der Waals surface area contributed by atoms with E-state index in [1.165, 1.54) is 18.6 Å². The molecule has 3 aromatic heterocycles. The summed E-state index contributed by atoms with van der Waals surface area (Å²) >= 11 is 5.95. The maximum atomic E-state index is 13.2. The Morgan fingerprint density at radius 1 is 1.00 bits per heavy atom. The number of fused-ring (bicyclic) bond motifs is 1. The van der Waals surface area contributed by atoms with Crippen LogP contribution >= 0.6 is 11.6 Å². The van der Waals surface area contributed by atoms with E-state index in [9.17, 15) is 13.2 Å². The van der Waals surface area contributed by atoms with Crippen molar-refractivity contribution in [3.05, 3.63) is 35.5 Å². The summed E-state index contributed by atoms with van der Waals surface area (Å²) in [5, 5.41) is 0.0864. The molecule has 26 heavy (non-hydrogen) atoms. The Balaban J connectivity index is 1.58. The second kappa shape index (κ2) is 6.27. The van der Waals surface area contributed by atoms with E-state index in [0.717, 1.165) is 6.07 Å². The Kier molecular flexibility index (Phi) is 4.06. The summed E-state index contributed by atoms with van der Waals surface area (Å²) in [4.78, 5) is 22.9. The molecule has 1 saturated heterocycles. The number of H-pyrrole nitrogens is 1. The lowest BCUT2D eigenvalue weighted by atomic mass is 10.2. The molecule has 11 heteroatoms. The molecule has 7 nitrogen and oxygen atoms in total. The van der Waals surface area contributed by atoms with Gasteiger partial charge < -0.3 is 14.8 Å². The maximum absolute atomic E-state index is 13.2. The van der Waals surface area contributed by atoms with Gasteiger partial charge in [-0.2, -0.15) is 23.1 Å². The van der Waals surface area contributed by atoms with Crippen molar-refractivity contribution in [3.8, 4) is 0 Å². The van der Waals surface area contributed by atoms with Crippen LogP contribution in [0.2, 0.25) is 5.28 Å². The van der Waals surface area contributed by atoms with Gasteiger partial charge in [0.2, 0.25) is 5.28 Å². The number of pyridine rings is 1. The minimum absolute atomic E-state index is 0.0507. The van der Waals surface area contributed by atoms with Crippen molar-refractivity contribution in [1.82, 2.24) is 24.9 Å². The first-order chi connectivity index (χ1) is 12.4. The number of nitrogens with zero attached hydrogens (tertiary/aromatic N) is 6. The molecule has 0 aromatic carbocycles. The first-order valence-corrected chi connectivity index (χ1v) is 8.20. The van der Waals surface area contributed by atoms with Crippen molar-refractivity contribution < 1.29 is 13.2 Å². The second-order valence-electron chi connectivity index (χ2n) is 5.76. The monoisotopic (exact) mass is 383 g/mol. The molecule has 0 atom stereocenters. The molecule has 0 unspecified atom stereocenters. The normalized spacial score (nSPS) is 15.7. The fourth-order valence-electron chi connectivity index (χ4n) is 3.01. The van der Waals surface area contributed by atoms with Gasteiger partial charge in [0.15, 0.2) is 17.0 Å². The van der Waals surface area contributed by atoms with Crippen LogP contribution in [0, 0.1) is 0 Å². The lowest BCUT2D eigenvalue weighted by Crippen LogP contribution is -2.47. The summed E-state index contributed by atoms with van der Waals surface area (Å²) < 4.78 is 39.6. The summed E-state index contributed by atoms with van der Waals surface area (Å²) in [6.45, 7) is 1.66. The minimum Gasteiger partial charge on any atom is -0.353 e. The smallest absolute Gasteiger partial charge is 0.353 e. The number of anilines is 2. The highest BCUT2D eigenvalue weighted by Gasteiger charge is 2.36. The van der Waals surface area contributed by atoms with Crippen molar-refractivity contribution in [2.45, 2.75) is 6.18 Å². The molecular weight excluding hydrogens is 371 g/mol. The zero-order valence-corrected chi connectivity index (χ0v) is 14.1. The fraction of sp³-hybridized carbons (Fsp3) is 0.333. The van der Waals surface area contributed by atoms with Gasteiger partial charge in [-0.25, -0.2) is 9.97 Å². The van der Waals surface area contributed by atoms with Gasteiger partial charge in [0, 0.05) is 32.4 Å². The number of aromatic nitrogens is 5. The van der Waals surface area contributed by atoms with E-state index in [2.05, 4.69) is 24.9 Å². The van der Waals surface area contributed by atoms with Crippen molar-refractivity contribution in [3.63, 3.8) is 0 Å². The van der Waals surface area contributed by atoms with Crippen molar-refractivity contribution in [2.75, 3.05) is 36.0 Å². The quantitative estimate of drug-likeness (QED) is 0.686. The van der Waals surface area contributed by atoms with Gasteiger partial charge in [-0.3, -0.25) is 0 Å². The van der Waals surface area contributed by atoms with Gasteiger partial charge in [-0.05, 0) is 23.7 Å². The van der Waals surface area contributed by atoms with E-state index in [4.69, 9.17) is 11.6 Å². The van der Waals surface area contributed by atoms with Crippen LogP contribution in [0.15, 0.2) is 24.7 Å². The predicted molar refractivity (Wildman–Crippen MR) is 90.4 cm³/mol. The largest absolute Gasteiger partial charge is 0.419 e. The molecule has 4 heterocycles. The molecule has 4 rings (SSSR count). The number of hydrogen-bond acceptors (Lipinski definition) is 6. The Labute approximate surface area is 150 Å². The van der Waals surface area contributed by atoms with E-state index in [1.807, 2.05) is 4.90 Å². The highest BCUT2D eigenvalue weighted by molar-refractivity contribution is 6.28. The number of hydrogen-bond donors (Lipinski definition) is 1.